The Morgan fingerprint density at radius 2 is 1.71 bits per heavy atom. The number of halogens is 2. The smallest absolute Gasteiger partial charge is 0.250 e. The molecule has 0 bridgehead atoms. The fraction of sp³-hybridized carbons (Fsp3) is 0.316. The Morgan fingerprint density at radius 1 is 1.08 bits per heavy atom. The summed E-state index contributed by atoms with van der Waals surface area (Å²) in [4.78, 5) is 4.43. The monoisotopic (exact) mass is 407 g/mol. The summed E-state index contributed by atoms with van der Waals surface area (Å²) in [5.74, 6) is 0.557. The molecule has 5 heteroatoms. The fourth-order valence-corrected chi connectivity index (χ4v) is 3.18. The van der Waals surface area contributed by atoms with Crippen molar-refractivity contribution in [2.75, 3.05) is 0 Å². The maximum atomic E-state index is 13.0. The first-order chi connectivity index (χ1) is 11.1. The van der Waals surface area contributed by atoms with Gasteiger partial charge in [0, 0.05) is 16.3 Å². The average molecular weight is 408 g/mol. The van der Waals surface area contributed by atoms with Crippen molar-refractivity contribution in [1.82, 2.24) is 0 Å². The van der Waals surface area contributed by atoms with Crippen LogP contribution in [0.15, 0.2) is 51.9 Å². The quantitative estimate of drug-likeness (QED) is 0.406. The van der Waals surface area contributed by atoms with Crippen LogP contribution in [0.2, 0.25) is 18.1 Å². The largest absolute Gasteiger partial charge is 0.543 e. The van der Waals surface area contributed by atoms with E-state index in [1.165, 1.54) is 12.1 Å². The second-order valence-electron chi connectivity index (χ2n) is 7.28. The molecule has 0 unspecified atom stereocenters. The third kappa shape index (κ3) is 4.77. The lowest BCUT2D eigenvalue weighted by Gasteiger charge is -2.36. The Bertz CT molecular complexity index is 736. The normalized spacial score (nSPS) is 12.6. The zero-order valence-corrected chi connectivity index (χ0v) is 17.3. The van der Waals surface area contributed by atoms with Gasteiger partial charge in [0.25, 0.3) is 8.32 Å². The van der Waals surface area contributed by atoms with Gasteiger partial charge in [0.2, 0.25) is 0 Å². The van der Waals surface area contributed by atoms with Crippen LogP contribution in [0.1, 0.15) is 26.3 Å². The van der Waals surface area contributed by atoms with E-state index in [0.717, 1.165) is 15.8 Å². The van der Waals surface area contributed by atoms with Gasteiger partial charge in [-0.25, -0.2) is 4.39 Å². The Kier molecular flexibility index (Phi) is 5.66. The average Bonchev–Trinajstić information content (AvgIpc) is 2.46. The van der Waals surface area contributed by atoms with Crippen LogP contribution < -0.4 is 4.43 Å². The van der Waals surface area contributed by atoms with Crippen molar-refractivity contribution in [1.29, 1.82) is 0 Å². The van der Waals surface area contributed by atoms with Gasteiger partial charge in [-0.3, -0.25) is 4.99 Å². The van der Waals surface area contributed by atoms with E-state index in [4.69, 9.17) is 4.43 Å². The number of benzene rings is 2. The molecule has 2 nitrogen and oxygen atoms in total. The molecular formula is C19H23BrFNOSi. The van der Waals surface area contributed by atoms with E-state index in [-0.39, 0.29) is 10.9 Å². The lowest BCUT2D eigenvalue weighted by Crippen LogP contribution is -2.44. The molecule has 0 heterocycles. The summed E-state index contributed by atoms with van der Waals surface area (Å²) >= 11 is 3.51. The highest BCUT2D eigenvalue weighted by atomic mass is 79.9. The molecule has 2 aromatic rings. The van der Waals surface area contributed by atoms with Crippen molar-refractivity contribution in [3.63, 3.8) is 0 Å². The van der Waals surface area contributed by atoms with Crippen LogP contribution in [-0.2, 0) is 0 Å². The predicted octanol–water partition coefficient (Wildman–Crippen LogP) is 6.72. The molecular weight excluding hydrogens is 385 g/mol. The number of rotatable bonds is 4. The highest BCUT2D eigenvalue weighted by molar-refractivity contribution is 9.10. The maximum absolute atomic E-state index is 13.0. The van der Waals surface area contributed by atoms with Crippen molar-refractivity contribution >= 4 is 36.1 Å². The fourth-order valence-electron chi connectivity index (χ4n) is 1.80. The third-order valence-corrected chi connectivity index (χ3v) is 9.16. The molecule has 0 aliphatic rings. The summed E-state index contributed by atoms with van der Waals surface area (Å²) in [5.41, 5.74) is 1.62. The van der Waals surface area contributed by atoms with Crippen LogP contribution in [0.5, 0.6) is 5.75 Å². The molecule has 24 heavy (non-hydrogen) atoms. The minimum atomic E-state index is -1.95. The zero-order chi connectivity index (χ0) is 18.0. The van der Waals surface area contributed by atoms with Crippen molar-refractivity contribution < 1.29 is 8.82 Å². The summed E-state index contributed by atoms with van der Waals surface area (Å²) in [6.45, 7) is 11.1. The summed E-state index contributed by atoms with van der Waals surface area (Å²) in [6, 6.07) is 12.0. The van der Waals surface area contributed by atoms with Gasteiger partial charge in [0.05, 0.1) is 5.69 Å². The van der Waals surface area contributed by atoms with Crippen LogP contribution in [0.3, 0.4) is 0 Å². The van der Waals surface area contributed by atoms with Gasteiger partial charge in [0.15, 0.2) is 0 Å². The number of aliphatic imine (C=N–C) groups is 1. The summed E-state index contributed by atoms with van der Waals surface area (Å²) < 4.78 is 20.4. The maximum Gasteiger partial charge on any atom is 0.250 e. The first-order valence-corrected chi connectivity index (χ1v) is 11.6. The Morgan fingerprint density at radius 3 is 2.29 bits per heavy atom. The number of nitrogens with zero attached hydrogens (tertiary/aromatic N) is 1. The van der Waals surface area contributed by atoms with Crippen molar-refractivity contribution in [2.24, 2.45) is 4.99 Å². The van der Waals surface area contributed by atoms with Crippen LogP contribution in [0.4, 0.5) is 10.1 Å². The molecule has 0 aliphatic carbocycles. The second kappa shape index (κ2) is 7.19. The minimum absolute atomic E-state index is 0.112. The van der Waals surface area contributed by atoms with Crippen LogP contribution in [-0.4, -0.2) is 14.5 Å². The predicted molar refractivity (Wildman–Crippen MR) is 106 cm³/mol. The molecule has 0 spiro atoms. The topological polar surface area (TPSA) is 21.6 Å². The van der Waals surface area contributed by atoms with E-state index < -0.39 is 8.32 Å². The van der Waals surface area contributed by atoms with E-state index in [9.17, 15) is 4.39 Å². The van der Waals surface area contributed by atoms with Crippen molar-refractivity contribution in [2.45, 2.75) is 38.9 Å². The number of hydrogen-bond donors (Lipinski definition) is 0. The van der Waals surface area contributed by atoms with Gasteiger partial charge in [0.1, 0.15) is 11.6 Å². The Balaban J connectivity index is 2.32. The van der Waals surface area contributed by atoms with Crippen LogP contribution >= 0.6 is 15.9 Å². The van der Waals surface area contributed by atoms with E-state index in [1.54, 1.807) is 18.3 Å². The summed E-state index contributed by atoms with van der Waals surface area (Å²) in [5, 5.41) is 0.112. The zero-order valence-electron chi connectivity index (χ0n) is 14.7. The highest BCUT2D eigenvalue weighted by Crippen LogP contribution is 2.38. The highest BCUT2D eigenvalue weighted by Gasteiger charge is 2.39. The molecule has 0 fully saturated rings. The van der Waals surface area contributed by atoms with E-state index in [0.29, 0.717) is 5.69 Å². The van der Waals surface area contributed by atoms with Crippen molar-refractivity contribution in [3.05, 3.63) is 58.3 Å². The van der Waals surface area contributed by atoms with Crippen molar-refractivity contribution in [3.8, 4) is 5.75 Å². The lowest BCUT2D eigenvalue weighted by atomic mass is 10.2. The van der Waals surface area contributed by atoms with Crippen LogP contribution in [0, 0.1) is 5.82 Å². The molecule has 0 atom stereocenters. The van der Waals surface area contributed by atoms with E-state index in [2.05, 4.69) is 54.8 Å². The molecule has 0 N–H and O–H groups in total. The van der Waals surface area contributed by atoms with E-state index in [1.807, 2.05) is 18.2 Å². The summed E-state index contributed by atoms with van der Waals surface area (Å²) in [7, 11) is -1.95. The van der Waals surface area contributed by atoms with Gasteiger partial charge >= 0.3 is 0 Å². The molecule has 0 amide bonds. The minimum Gasteiger partial charge on any atom is -0.543 e. The number of hydrogen-bond acceptors (Lipinski definition) is 2. The Hall–Kier alpha value is -1.46. The van der Waals surface area contributed by atoms with Gasteiger partial charge in [-0.15, -0.1) is 0 Å². The van der Waals surface area contributed by atoms with Gasteiger partial charge in [-0.2, -0.15) is 0 Å². The molecule has 0 aliphatic heterocycles. The molecule has 0 saturated carbocycles. The second-order valence-corrected chi connectivity index (χ2v) is 12.9. The SMILES string of the molecule is CC(C)(C)[Si](C)(C)Oc1cc(Br)ccc1C=Nc1ccc(F)cc1. The molecule has 2 rings (SSSR count). The van der Waals surface area contributed by atoms with Gasteiger partial charge in [-0.1, -0.05) is 36.7 Å². The molecule has 0 aromatic heterocycles. The molecule has 128 valence electrons. The van der Waals surface area contributed by atoms with Gasteiger partial charge in [-0.05, 0) is 60.6 Å². The van der Waals surface area contributed by atoms with E-state index >= 15 is 0 Å². The molecule has 0 radical (unpaired) electrons. The third-order valence-electron chi connectivity index (χ3n) is 4.33. The first kappa shape index (κ1) is 18.9. The molecule has 0 saturated heterocycles. The lowest BCUT2D eigenvalue weighted by molar-refractivity contribution is 0.491. The standard InChI is InChI=1S/C19H23BrFNOSi/c1-19(2,3)24(4,5)23-18-12-15(20)7-6-14(18)13-22-17-10-8-16(21)9-11-17/h6-13H,1-5H3. The van der Waals surface area contributed by atoms with Crippen LogP contribution in [0.25, 0.3) is 0 Å². The Labute approximate surface area is 153 Å². The van der Waals surface area contributed by atoms with Gasteiger partial charge < -0.3 is 4.43 Å². The first-order valence-electron chi connectivity index (χ1n) is 7.87. The summed E-state index contributed by atoms with van der Waals surface area (Å²) in [6.07, 6.45) is 1.77. The molecule has 2 aromatic carbocycles.